The minimum atomic E-state index is -0.727. The predicted octanol–water partition coefficient (Wildman–Crippen LogP) is 2.37. The molecule has 0 radical (unpaired) electrons. The van der Waals surface area contributed by atoms with Crippen LogP contribution in [0.25, 0.3) is 0 Å². The minimum absolute atomic E-state index is 0.0287. The summed E-state index contributed by atoms with van der Waals surface area (Å²) in [6.45, 7) is 3.43. The summed E-state index contributed by atoms with van der Waals surface area (Å²) < 4.78 is 11.3. The molecule has 29 heavy (non-hydrogen) atoms. The van der Waals surface area contributed by atoms with Crippen LogP contribution < -0.4 is 10.2 Å². The number of likely N-dealkylation sites (tertiary alicyclic amines) is 1. The van der Waals surface area contributed by atoms with E-state index in [4.69, 9.17) is 9.47 Å². The zero-order chi connectivity index (χ0) is 19.8. The number of hydrogen-bond acceptors (Lipinski definition) is 5. The van der Waals surface area contributed by atoms with Gasteiger partial charge in [0.15, 0.2) is 6.29 Å². The van der Waals surface area contributed by atoms with Gasteiger partial charge in [0.1, 0.15) is 5.54 Å². The van der Waals surface area contributed by atoms with Crippen LogP contribution in [0, 0.1) is 5.92 Å². The van der Waals surface area contributed by atoms with Crippen molar-refractivity contribution in [2.75, 3.05) is 43.1 Å². The molecular weight excluding hydrogens is 370 g/mol. The molecule has 0 atom stereocenters. The second-order valence-electron chi connectivity index (χ2n) is 8.66. The lowest BCUT2D eigenvalue weighted by atomic mass is 9.89. The van der Waals surface area contributed by atoms with Gasteiger partial charge in [-0.25, -0.2) is 0 Å². The first-order valence-corrected chi connectivity index (χ1v) is 10.9. The summed E-state index contributed by atoms with van der Waals surface area (Å²) in [4.78, 5) is 30.6. The lowest BCUT2D eigenvalue weighted by Gasteiger charge is -2.45. The van der Waals surface area contributed by atoms with Gasteiger partial charge in [-0.2, -0.15) is 0 Å². The van der Waals surface area contributed by atoms with Crippen molar-refractivity contribution in [3.05, 3.63) is 24.3 Å². The topological polar surface area (TPSA) is 71.1 Å². The number of carbonyl (C=O) groups is 2. The monoisotopic (exact) mass is 399 g/mol. The van der Waals surface area contributed by atoms with Crippen LogP contribution >= 0.6 is 0 Å². The number of para-hydroxylation sites is 2. The quantitative estimate of drug-likeness (QED) is 0.845. The van der Waals surface area contributed by atoms with E-state index in [9.17, 15) is 9.59 Å². The first kappa shape index (κ1) is 19.0. The van der Waals surface area contributed by atoms with Crippen molar-refractivity contribution in [2.45, 2.75) is 50.4 Å². The van der Waals surface area contributed by atoms with E-state index >= 15 is 0 Å². The molecule has 1 spiro atoms. The maximum Gasteiger partial charge on any atom is 0.250 e. The fourth-order valence-electron chi connectivity index (χ4n) is 5.42. The molecule has 0 unspecified atom stereocenters. The first-order valence-electron chi connectivity index (χ1n) is 10.9. The highest BCUT2D eigenvalue weighted by molar-refractivity contribution is 6.15. The molecule has 1 aromatic carbocycles. The number of ether oxygens (including phenoxy) is 2. The smallest absolute Gasteiger partial charge is 0.250 e. The number of hydrogen-bond donors (Lipinski definition) is 1. The highest BCUT2D eigenvalue weighted by Crippen LogP contribution is 2.45. The Morgan fingerprint density at radius 2 is 1.79 bits per heavy atom. The van der Waals surface area contributed by atoms with Crippen LogP contribution in [0.5, 0.6) is 0 Å². The van der Waals surface area contributed by atoms with E-state index in [0.29, 0.717) is 25.7 Å². The van der Waals surface area contributed by atoms with Gasteiger partial charge in [-0.15, -0.1) is 0 Å². The summed E-state index contributed by atoms with van der Waals surface area (Å²) in [5.74, 6) is 0.406. The summed E-state index contributed by atoms with van der Waals surface area (Å²) in [5.41, 5.74) is 0.842. The van der Waals surface area contributed by atoms with Crippen LogP contribution in [0.4, 0.5) is 11.4 Å². The summed E-state index contributed by atoms with van der Waals surface area (Å²) >= 11 is 0. The standard InChI is InChI=1S/C22H29N3O4/c26-19(15-24-11-7-16(8-12-24)20-28-13-14-29-20)25-18-6-2-1-5-17(18)23-21(27)22(25)9-3-4-10-22/h1-2,5-6,16,20H,3-4,7-15H2,(H,23,27). The molecule has 0 aromatic heterocycles. The number of rotatable bonds is 3. The molecule has 1 aromatic rings. The molecule has 3 fully saturated rings. The van der Waals surface area contributed by atoms with E-state index in [2.05, 4.69) is 10.2 Å². The molecule has 5 rings (SSSR count). The maximum atomic E-state index is 13.5. The largest absolute Gasteiger partial charge is 0.350 e. The minimum Gasteiger partial charge on any atom is -0.350 e. The molecule has 0 bridgehead atoms. The SMILES string of the molecule is O=C(CN1CCC(C2OCCO2)CC1)N1c2ccccc2NC(=O)C12CCCC2. The van der Waals surface area contributed by atoms with Gasteiger partial charge in [0.05, 0.1) is 31.1 Å². The van der Waals surface area contributed by atoms with Crippen LogP contribution in [0.3, 0.4) is 0 Å². The Hall–Kier alpha value is -1.96. The van der Waals surface area contributed by atoms with E-state index in [1.54, 1.807) is 0 Å². The summed E-state index contributed by atoms with van der Waals surface area (Å²) in [7, 11) is 0. The van der Waals surface area contributed by atoms with Crippen molar-refractivity contribution in [3.63, 3.8) is 0 Å². The van der Waals surface area contributed by atoms with Crippen LogP contribution in [0.2, 0.25) is 0 Å². The van der Waals surface area contributed by atoms with Gasteiger partial charge in [0.25, 0.3) is 5.91 Å². The van der Waals surface area contributed by atoms with E-state index < -0.39 is 5.54 Å². The van der Waals surface area contributed by atoms with Crippen molar-refractivity contribution in [1.82, 2.24) is 4.90 Å². The molecular formula is C22H29N3O4. The van der Waals surface area contributed by atoms with E-state index in [1.165, 1.54) is 0 Å². The highest BCUT2D eigenvalue weighted by Gasteiger charge is 2.52. The Balaban J connectivity index is 1.32. The Bertz CT molecular complexity index is 778. The second kappa shape index (κ2) is 7.70. The molecule has 3 heterocycles. The molecule has 7 heteroatoms. The fourth-order valence-corrected chi connectivity index (χ4v) is 5.42. The van der Waals surface area contributed by atoms with Crippen molar-refractivity contribution in [2.24, 2.45) is 5.92 Å². The Kier molecular flexibility index (Phi) is 5.05. The number of amides is 2. The predicted molar refractivity (Wildman–Crippen MR) is 109 cm³/mol. The van der Waals surface area contributed by atoms with Crippen LogP contribution in [-0.4, -0.2) is 61.4 Å². The third-order valence-corrected chi connectivity index (χ3v) is 6.95. The molecule has 1 aliphatic carbocycles. The van der Waals surface area contributed by atoms with Gasteiger partial charge in [-0.3, -0.25) is 19.4 Å². The number of piperidine rings is 1. The number of nitrogens with zero attached hydrogens (tertiary/aromatic N) is 2. The lowest BCUT2D eigenvalue weighted by molar-refractivity contribution is -0.128. The summed E-state index contributed by atoms with van der Waals surface area (Å²) in [6, 6.07) is 7.66. The second-order valence-corrected chi connectivity index (χ2v) is 8.66. The van der Waals surface area contributed by atoms with Crippen molar-refractivity contribution >= 4 is 23.2 Å². The fraction of sp³-hybridized carbons (Fsp3) is 0.636. The van der Waals surface area contributed by atoms with Gasteiger partial charge in [-0.05, 0) is 50.9 Å². The molecule has 1 saturated carbocycles. The summed E-state index contributed by atoms with van der Waals surface area (Å²) in [6.07, 6.45) is 5.29. The van der Waals surface area contributed by atoms with Crippen LogP contribution in [0.1, 0.15) is 38.5 Å². The van der Waals surface area contributed by atoms with Gasteiger partial charge < -0.3 is 14.8 Å². The van der Waals surface area contributed by atoms with Gasteiger partial charge >= 0.3 is 0 Å². The van der Waals surface area contributed by atoms with Gasteiger partial charge in [-0.1, -0.05) is 25.0 Å². The third-order valence-electron chi connectivity index (χ3n) is 6.95. The van der Waals surface area contributed by atoms with Crippen molar-refractivity contribution < 1.29 is 19.1 Å². The molecule has 7 nitrogen and oxygen atoms in total. The maximum absolute atomic E-state index is 13.5. The van der Waals surface area contributed by atoms with Crippen LogP contribution in [0.15, 0.2) is 24.3 Å². The van der Waals surface area contributed by atoms with Crippen molar-refractivity contribution in [3.8, 4) is 0 Å². The van der Waals surface area contributed by atoms with Gasteiger partial charge in [0.2, 0.25) is 5.91 Å². The number of carbonyl (C=O) groups excluding carboxylic acids is 2. The zero-order valence-electron chi connectivity index (χ0n) is 16.8. The third kappa shape index (κ3) is 3.35. The Morgan fingerprint density at radius 3 is 2.52 bits per heavy atom. The Morgan fingerprint density at radius 1 is 1.10 bits per heavy atom. The number of benzene rings is 1. The summed E-state index contributed by atoms with van der Waals surface area (Å²) in [5, 5.41) is 3.04. The average molecular weight is 399 g/mol. The number of nitrogens with one attached hydrogen (secondary N) is 1. The molecule has 156 valence electrons. The van der Waals surface area contributed by atoms with E-state index in [-0.39, 0.29) is 18.1 Å². The lowest BCUT2D eigenvalue weighted by Crippen LogP contribution is -2.62. The highest BCUT2D eigenvalue weighted by atomic mass is 16.7. The average Bonchev–Trinajstić information content (AvgIpc) is 3.43. The molecule has 3 aliphatic heterocycles. The number of anilines is 2. The zero-order valence-corrected chi connectivity index (χ0v) is 16.8. The van der Waals surface area contributed by atoms with Gasteiger partial charge in [0, 0.05) is 5.92 Å². The van der Waals surface area contributed by atoms with E-state index in [0.717, 1.165) is 63.0 Å². The molecule has 2 amide bonds. The molecule has 4 aliphatic rings. The normalized spacial score (nSPS) is 25.4. The Labute approximate surface area is 171 Å². The molecule has 2 saturated heterocycles. The van der Waals surface area contributed by atoms with E-state index in [1.807, 2.05) is 29.2 Å². The first-order chi connectivity index (χ1) is 14.2. The van der Waals surface area contributed by atoms with Crippen LogP contribution in [-0.2, 0) is 19.1 Å². The van der Waals surface area contributed by atoms with Crippen molar-refractivity contribution in [1.29, 1.82) is 0 Å². The number of fused-ring (bicyclic) bond motifs is 1. The molecule has 1 N–H and O–H groups in total.